The van der Waals surface area contributed by atoms with Crippen molar-refractivity contribution in [3.63, 3.8) is 0 Å². The number of likely N-dealkylation sites (N-methyl/N-ethyl adjacent to an activating group) is 1. The maximum absolute atomic E-state index is 12.8. The van der Waals surface area contributed by atoms with Gasteiger partial charge in [0, 0.05) is 62.5 Å². The number of allylic oxidation sites excluding steroid dienone is 1. The van der Waals surface area contributed by atoms with Crippen LogP contribution in [-0.4, -0.2) is 58.3 Å². The summed E-state index contributed by atoms with van der Waals surface area (Å²) in [6.07, 6.45) is 8.07. The first kappa shape index (κ1) is 20.3. The molecule has 0 unspecified atom stereocenters. The zero-order valence-corrected chi connectivity index (χ0v) is 18.2. The predicted octanol–water partition coefficient (Wildman–Crippen LogP) is 3.62. The van der Waals surface area contributed by atoms with Crippen molar-refractivity contribution in [3.05, 3.63) is 59.2 Å². The molecule has 156 valence electrons. The molecule has 6 nitrogen and oxygen atoms in total. The molecule has 0 aliphatic carbocycles. The third kappa shape index (κ3) is 4.14. The number of hydrogen-bond acceptors (Lipinski definition) is 5. The number of carbonyl (C=O) groups excluding carboxylic acids is 1. The Morgan fingerprint density at radius 2 is 1.90 bits per heavy atom. The average molecular weight is 404 g/mol. The summed E-state index contributed by atoms with van der Waals surface area (Å²) in [5.41, 5.74) is 5.80. The summed E-state index contributed by atoms with van der Waals surface area (Å²) in [6.45, 7) is 10.2. The number of ketones is 1. The number of carbonyl (C=O) groups is 1. The fourth-order valence-electron chi connectivity index (χ4n) is 3.84. The fraction of sp³-hybridized carbons (Fsp3) is 0.375. The number of aryl methyl sites for hydroxylation is 2. The Kier molecular flexibility index (Phi) is 5.68. The minimum Gasteiger partial charge on any atom is -0.369 e. The normalized spacial score (nSPS) is 15.7. The van der Waals surface area contributed by atoms with Crippen LogP contribution in [0.25, 0.3) is 17.4 Å². The van der Waals surface area contributed by atoms with E-state index in [1.54, 1.807) is 6.20 Å². The van der Waals surface area contributed by atoms with E-state index in [1.807, 2.05) is 36.7 Å². The van der Waals surface area contributed by atoms with E-state index in [4.69, 9.17) is 0 Å². The summed E-state index contributed by atoms with van der Waals surface area (Å²) >= 11 is 0. The monoisotopic (exact) mass is 403 g/mol. The van der Waals surface area contributed by atoms with Crippen LogP contribution in [0.1, 0.15) is 35.7 Å². The van der Waals surface area contributed by atoms with E-state index < -0.39 is 0 Å². The highest BCUT2D eigenvalue weighted by molar-refractivity contribution is 6.24. The second-order valence-electron chi connectivity index (χ2n) is 8.13. The molecule has 3 aromatic rings. The molecule has 0 saturated carbocycles. The molecule has 1 aromatic carbocycles. The van der Waals surface area contributed by atoms with Gasteiger partial charge in [0.2, 0.25) is 5.78 Å². The molecule has 2 aromatic heterocycles. The summed E-state index contributed by atoms with van der Waals surface area (Å²) in [7, 11) is 2.17. The second kappa shape index (κ2) is 8.40. The van der Waals surface area contributed by atoms with Crippen LogP contribution >= 0.6 is 0 Å². The maximum atomic E-state index is 12.8. The van der Waals surface area contributed by atoms with Gasteiger partial charge in [0.25, 0.3) is 0 Å². The second-order valence-corrected chi connectivity index (χ2v) is 8.13. The Bertz CT molecular complexity index is 1110. The van der Waals surface area contributed by atoms with Crippen LogP contribution in [0.15, 0.2) is 36.8 Å². The average Bonchev–Trinajstić information content (AvgIpc) is 3.15. The fourth-order valence-corrected chi connectivity index (χ4v) is 3.84. The number of anilines is 1. The zero-order valence-electron chi connectivity index (χ0n) is 18.2. The molecule has 1 saturated heterocycles. The quantitative estimate of drug-likeness (QED) is 0.609. The molecule has 0 N–H and O–H groups in total. The molecule has 3 heterocycles. The van der Waals surface area contributed by atoms with E-state index in [-0.39, 0.29) is 5.78 Å². The molecule has 0 amide bonds. The Labute approximate surface area is 177 Å². The smallest absolute Gasteiger partial charge is 0.234 e. The molecule has 30 heavy (non-hydrogen) atoms. The van der Waals surface area contributed by atoms with Gasteiger partial charge in [-0.3, -0.25) is 9.20 Å². The van der Waals surface area contributed by atoms with Crippen molar-refractivity contribution in [1.29, 1.82) is 0 Å². The van der Waals surface area contributed by atoms with Gasteiger partial charge in [-0.2, -0.15) is 0 Å². The molecular weight excluding hydrogens is 374 g/mol. The van der Waals surface area contributed by atoms with Crippen molar-refractivity contribution >= 4 is 28.9 Å². The predicted molar refractivity (Wildman–Crippen MR) is 122 cm³/mol. The number of imidazole rings is 1. The number of piperazine rings is 1. The Morgan fingerprint density at radius 1 is 1.13 bits per heavy atom. The summed E-state index contributed by atoms with van der Waals surface area (Å²) in [6, 6.07) is 6.50. The van der Waals surface area contributed by atoms with Gasteiger partial charge >= 0.3 is 0 Å². The van der Waals surface area contributed by atoms with Gasteiger partial charge in [0.1, 0.15) is 0 Å². The highest BCUT2D eigenvalue weighted by atomic mass is 16.1. The molecule has 4 rings (SSSR count). The van der Waals surface area contributed by atoms with E-state index >= 15 is 0 Å². The number of nitrogens with zero attached hydrogens (tertiary/aromatic N) is 5. The standard InChI is InChI=1S/C24H29N5O/c1-5-23(30)21(22-16-29-15-17(2)14-25-24(29)26-22)13-19-6-7-20(12-18(19)3)28-10-8-27(4)9-11-28/h6-7,12-16H,5,8-11H2,1-4H3/b21-13-. The van der Waals surface area contributed by atoms with E-state index in [2.05, 4.69) is 51.9 Å². The van der Waals surface area contributed by atoms with Crippen LogP contribution in [-0.2, 0) is 4.79 Å². The van der Waals surface area contributed by atoms with Crippen molar-refractivity contribution in [2.75, 3.05) is 38.1 Å². The number of hydrogen-bond donors (Lipinski definition) is 0. The molecule has 6 heteroatoms. The SMILES string of the molecule is CCC(=O)/C(=C\c1ccc(N2CCN(C)CC2)cc1C)c1cn2cc(C)cnc2n1. The number of benzene rings is 1. The van der Waals surface area contributed by atoms with Crippen LogP contribution in [0.3, 0.4) is 0 Å². The van der Waals surface area contributed by atoms with E-state index in [9.17, 15) is 4.79 Å². The van der Waals surface area contributed by atoms with Gasteiger partial charge in [0.05, 0.1) is 5.69 Å². The van der Waals surface area contributed by atoms with Gasteiger partial charge in [-0.15, -0.1) is 0 Å². The van der Waals surface area contributed by atoms with Gasteiger partial charge in [-0.1, -0.05) is 13.0 Å². The summed E-state index contributed by atoms with van der Waals surface area (Å²) in [4.78, 5) is 26.5. The van der Waals surface area contributed by atoms with Gasteiger partial charge < -0.3 is 9.80 Å². The number of aromatic nitrogens is 3. The van der Waals surface area contributed by atoms with E-state index in [0.717, 1.165) is 42.9 Å². The minimum absolute atomic E-state index is 0.0812. The summed E-state index contributed by atoms with van der Waals surface area (Å²) in [5, 5.41) is 0. The lowest BCUT2D eigenvalue weighted by atomic mass is 9.99. The number of Topliss-reactive ketones (excluding diaryl/α,β-unsaturated/α-hetero) is 1. The topological polar surface area (TPSA) is 53.7 Å². The first-order valence-electron chi connectivity index (χ1n) is 10.6. The van der Waals surface area contributed by atoms with Crippen LogP contribution in [0.4, 0.5) is 5.69 Å². The lowest BCUT2D eigenvalue weighted by Gasteiger charge is -2.34. The Morgan fingerprint density at radius 3 is 2.60 bits per heavy atom. The molecule has 0 spiro atoms. The van der Waals surface area contributed by atoms with Gasteiger partial charge in [-0.05, 0) is 55.8 Å². The van der Waals surface area contributed by atoms with Crippen LogP contribution in [0.2, 0.25) is 0 Å². The lowest BCUT2D eigenvalue weighted by Crippen LogP contribution is -2.44. The third-order valence-electron chi connectivity index (χ3n) is 5.76. The zero-order chi connectivity index (χ0) is 21.3. The van der Waals surface area contributed by atoms with Crippen LogP contribution < -0.4 is 4.90 Å². The third-order valence-corrected chi connectivity index (χ3v) is 5.76. The number of rotatable bonds is 5. The highest BCUT2D eigenvalue weighted by Gasteiger charge is 2.17. The van der Waals surface area contributed by atoms with Crippen molar-refractivity contribution in [1.82, 2.24) is 19.3 Å². The molecule has 0 bridgehead atoms. The Balaban J connectivity index is 1.68. The molecule has 1 fully saturated rings. The first-order valence-corrected chi connectivity index (χ1v) is 10.6. The Hall–Kier alpha value is -2.99. The van der Waals surface area contributed by atoms with Gasteiger partial charge in [-0.25, -0.2) is 9.97 Å². The van der Waals surface area contributed by atoms with Crippen LogP contribution in [0.5, 0.6) is 0 Å². The lowest BCUT2D eigenvalue weighted by molar-refractivity contribution is -0.113. The largest absolute Gasteiger partial charge is 0.369 e. The van der Waals surface area contributed by atoms with E-state index in [0.29, 0.717) is 23.5 Å². The highest BCUT2D eigenvalue weighted by Crippen LogP contribution is 2.25. The van der Waals surface area contributed by atoms with Crippen molar-refractivity contribution in [2.45, 2.75) is 27.2 Å². The van der Waals surface area contributed by atoms with Gasteiger partial charge in [0.15, 0.2) is 5.78 Å². The van der Waals surface area contributed by atoms with Crippen molar-refractivity contribution in [3.8, 4) is 0 Å². The molecular formula is C24H29N5O. The minimum atomic E-state index is 0.0812. The molecule has 0 atom stereocenters. The van der Waals surface area contributed by atoms with E-state index in [1.165, 1.54) is 5.69 Å². The van der Waals surface area contributed by atoms with Crippen LogP contribution in [0, 0.1) is 13.8 Å². The molecule has 0 radical (unpaired) electrons. The summed E-state index contributed by atoms with van der Waals surface area (Å²) in [5.74, 6) is 0.685. The van der Waals surface area contributed by atoms with Crippen molar-refractivity contribution < 1.29 is 4.79 Å². The maximum Gasteiger partial charge on any atom is 0.234 e. The van der Waals surface area contributed by atoms with Crippen molar-refractivity contribution in [2.24, 2.45) is 0 Å². The summed E-state index contributed by atoms with van der Waals surface area (Å²) < 4.78 is 1.88. The number of fused-ring (bicyclic) bond motifs is 1. The molecule has 1 aliphatic heterocycles. The molecule has 1 aliphatic rings. The first-order chi connectivity index (χ1) is 14.4.